The number of anilines is 1. The van der Waals surface area contributed by atoms with E-state index in [9.17, 15) is 14.4 Å². The van der Waals surface area contributed by atoms with Crippen molar-refractivity contribution in [2.75, 3.05) is 25.1 Å². The average Bonchev–Trinajstić information content (AvgIpc) is 3.68. The predicted octanol–water partition coefficient (Wildman–Crippen LogP) is 4.76. The molecule has 1 heterocycles. The molecular weight excluding hydrogens is 521 g/mol. The van der Waals surface area contributed by atoms with Crippen LogP contribution in [-0.4, -0.2) is 48.2 Å². The Labute approximate surface area is 223 Å². The Balaban J connectivity index is 1.44. The molecule has 1 saturated carbocycles. The lowest BCUT2D eigenvalue weighted by atomic mass is 9.98. The second kappa shape index (κ2) is 11.5. The fourth-order valence-corrected chi connectivity index (χ4v) is 4.33. The third-order valence-corrected chi connectivity index (χ3v) is 6.31. The fourth-order valence-electron chi connectivity index (χ4n) is 3.77. The third-order valence-electron chi connectivity index (χ3n) is 5.75. The van der Waals surface area contributed by atoms with Crippen LogP contribution in [0.25, 0.3) is 0 Å². The number of ether oxygens (including phenoxy) is 2. The highest BCUT2D eigenvalue weighted by Gasteiger charge is 2.30. The molecule has 0 bridgehead atoms. The van der Waals surface area contributed by atoms with Crippen LogP contribution in [-0.2, 0) is 16.0 Å². The van der Waals surface area contributed by atoms with Gasteiger partial charge in [-0.15, -0.1) is 0 Å². The zero-order chi connectivity index (χ0) is 26.5. The van der Waals surface area contributed by atoms with Crippen LogP contribution >= 0.6 is 23.2 Å². The van der Waals surface area contributed by atoms with Crippen LogP contribution in [0.5, 0.6) is 11.5 Å². The van der Waals surface area contributed by atoms with E-state index in [-0.39, 0.29) is 34.0 Å². The number of amides is 3. The number of imide groups is 1. The van der Waals surface area contributed by atoms with Crippen molar-refractivity contribution in [1.82, 2.24) is 10.2 Å². The number of halogens is 2. The quantitative estimate of drug-likeness (QED) is 0.362. The minimum Gasteiger partial charge on any atom is -0.454 e. The Morgan fingerprint density at radius 1 is 1.22 bits per heavy atom. The summed E-state index contributed by atoms with van der Waals surface area (Å²) >= 11 is 12.8. The lowest BCUT2D eigenvalue weighted by molar-refractivity contribution is -0.114. The smallest absolute Gasteiger partial charge is 0.414 e. The predicted molar refractivity (Wildman–Crippen MR) is 137 cm³/mol. The Morgan fingerprint density at radius 3 is 2.59 bits per heavy atom. The number of nitriles is 1. The summed E-state index contributed by atoms with van der Waals surface area (Å²) in [7, 11) is 0. The van der Waals surface area contributed by atoms with Crippen LogP contribution < -0.4 is 15.5 Å². The molecule has 0 atom stereocenters. The van der Waals surface area contributed by atoms with E-state index in [4.69, 9.17) is 33.2 Å². The number of fused-ring (bicyclic) bond motifs is 1. The second-order valence-corrected chi connectivity index (χ2v) is 9.31. The van der Waals surface area contributed by atoms with Gasteiger partial charge in [0.05, 0.1) is 22.3 Å². The van der Waals surface area contributed by atoms with Crippen molar-refractivity contribution in [3.05, 3.63) is 51.5 Å². The summed E-state index contributed by atoms with van der Waals surface area (Å²) in [5, 5.41) is 15.0. The normalized spacial score (nSPS) is 14.9. The molecule has 0 radical (unpaired) electrons. The molecule has 2 aromatic rings. The van der Waals surface area contributed by atoms with Gasteiger partial charge in [0, 0.05) is 18.7 Å². The highest BCUT2D eigenvalue weighted by atomic mass is 35.5. The number of alkyl carbamates (subject to hydrolysis) is 1. The molecule has 3 amide bonds. The minimum absolute atomic E-state index is 0.0411. The molecule has 192 valence electrons. The van der Waals surface area contributed by atoms with Crippen LogP contribution in [0.15, 0.2) is 35.4 Å². The third kappa shape index (κ3) is 6.50. The van der Waals surface area contributed by atoms with E-state index in [1.54, 1.807) is 25.1 Å². The molecule has 12 heteroatoms. The van der Waals surface area contributed by atoms with Crippen LogP contribution in [0.2, 0.25) is 10.0 Å². The molecule has 10 nitrogen and oxygen atoms in total. The van der Waals surface area contributed by atoms with E-state index in [0.29, 0.717) is 23.8 Å². The molecule has 1 aliphatic carbocycles. The topological polar surface area (TPSA) is 133 Å². The summed E-state index contributed by atoms with van der Waals surface area (Å²) in [6.45, 7) is 3.13. The molecule has 2 aromatic carbocycles. The number of hydrogen-bond acceptors (Lipinski definition) is 8. The summed E-state index contributed by atoms with van der Waals surface area (Å²) < 4.78 is 10.5. The van der Waals surface area contributed by atoms with Gasteiger partial charge in [0.2, 0.25) is 5.71 Å². The maximum Gasteiger partial charge on any atom is 0.414 e. The van der Waals surface area contributed by atoms with Gasteiger partial charge in [0.1, 0.15) is 11.8 Å². The number of hydrazone groups is 1. The van der Waals surface area contributed by atoms with Gasteiger partial charge in [0.15, 0.2) is 5.75 Å². The molecule has 0 spiro atoms. The first-order chi connectivity index (χ1) is 17.8. The minimum atomic E-state index is -1.04. The summed E-state index contributed by atoms with van der Waals surface area (Å²) in [6.07, 6.45) is 2.12. The first kappa shape index (κ1) is 26.3. The molecule has 0 aromatic heterocycles. The number of rotatable bonds is 8. The zero-order valence-electron chi connectivity index (χ0n) is 19.8. The number of carbonyl (C=O) groups excluding carboxylic acids is 3. The summed E-state index contributed by atoms with van der Waals surface area (Å²) in [4.78, 5) is 38.1. The van der Waals surface area contributed by atoms with Crippen LogP contribution in [0.3, 0.4) is 0 Å². The maximum atomic E-state index is 12.8. The molecule has 4 rings (SSSR count). The van der Waals surface area contributed by atoms with Gasteiger partial charge in [-0.05, 0) is 68.0 Å². The number of benzene rings is 2. The van der Waals surface area contributed by atoms with E-state index < -0.39 is 17.7 Å². The molecule has 1 aliphatic heterocycles. The van der Waals surface area contributed by atoms with Gasteiger partial charge >= 0.3 is 6.09 Å². The Bertz CT molecular complexity index is 1300. The average molecular weight is 544 g/mol. The van der Waals surface area contributed by atoms with Crippen LogP contribution in [0, 0.1) is 17.2 Å². The highest BCUT2D eigenvalue weighted by molar-refractivity contribution is 6.47. The summed E-state index contributed by atoms with van der Waals surface area (Å²) in [5.74, 6) is 0.309. The number of nitrogens with zero attached hydrogens (tertiary/aromatic N) is 3. The van der Waals surface area contributed by atoms with Crippen molar-refractivity contribution in [3.8, 4) is 17.6 Å². The Hall–Kier alpha value is -3.81. The molecular formula is C25H23Cl2N5O5. The van der Waals surface area contributed by atoms with Gasteiger partial charge in [-0.1, -0.05) is 23.2 Å². The molecule has 37 heavy (non-hydrogen) atoms. The number of nitrogens with one attached hydrogen (secondary N) is 2. The van der Waals surface area contributed by atoms with Crippen molar-refractivity contribution >= 4 is 52.5 Å². The van der Waals surface area contributed by atoms with Gasteiger partial charge in [-0.25, -0.2) is 4.79 Å². The zero-order valence-corrected chi connectivity index (χ0v) is 21.4. The van der Waals surface area contributed by atoms with E-state index in [1.165, 1.54) is 25.0 Å². The first-order valence-electron chi connectivity index (χ1n) is 11.6. The van der Waals surface area contributed by atoms with E-state index in [2.05, 4.69) is 15.3 Å². The largest absolute Gasteiger partial charge is 0.454 e. The molecule has 1 fully saturated rings. The SMILES string of the molecule is CCOC(=O)NC(=O)C(C#N)=NNc1cc(Cl)c(Oc2ccc3c(c2)CCN(CC2CC2)C3=O)c(Cl)c1. The molecule has 2 N–H and O–H groups in total. The van der Waals surface area contributed by atoms with Crippen molar-refractivity contribution in [2.24, 2.45) is 11.0 Å². The van der Waals surface area contributed by atoms with Crippen molar-refractivity contribution in [1.29, 1.82) is 5.26 Å². The van der Waals surface area contributed by atoms with Crippen molar-refractivity contribution < 1.29 is 23.9 Å². The summed E-state index contributed by atoms with van der Waals surface area (Å²) in [5.41, 5.74) is 3.74. The standard InChI is InChI=1S/C25H23Cl2N5O5/c1-2-36-25(35)29-23(33)21(12-28)31-30-16-10-19(26)22(20(27)11-16)37-17-5-6-18-15(9-17)7-8-32(24(18)34)13-14-3-4-14/h5-6,9-11,14,30H,2-4,7-8,13H2,1H3,(H,29,33,35). The van der Waals surface area contributed by atoms with E-state index >= 15 is 0 Å². The van der Waals surface area contributed by atoms with Gasteiger partial charge < -0.3 is 14.4 Å². The molecule has 2 aliphatic rings. The number of hydrogen-bond donors (Lipinski definition) is 2. The van der Waals surface area contributed by atoms with E-state index in [0.717, 1.165) is 18.5 Å². The Kier molecular flexibility index (Phi) is 8.16. The first-order valence-corrected chi connectivity index (χ1v) is 12.4. The lowest BCUT2D eigenvalue weighted by Crippen LogP contribution is -2.38. The van der Waals surface area contributed by atoms with Crippen molar-refractivity contribution in [2.45, 2.75) is 26.2 Å². The summed E-state index contributed by atoms with van der Waals surface area (Å²) in [6, 6.07) is 9.74. The number of carbonyl (C=O) groups is 3. The second-order valence-electron chi connectivity index (χ2n) is 8.49. The highest BCUT2D eigenvalue weighted by Crippen LogP contribution is 2.40. The van der Waals surface area contributed by atoms with Crippen LogP contribution in [0.4, 0.5) is 10.5 Å². The molecule has 0 saturated heterocycles. The molecule has 0 unspecified atom stereocenters. The maximum absolute atomic E-state index is 12.8. The Morgan fingerprint density at radius 2 is 1.95 bits per heavy atom. The van der Waals surface area contributed by atoms with E-state index in [1.807, 2.05) is 16.3 Å². The lowest BCUT2D eigenvalue weighted by Gasteiger charge is -2.29. The fraction of sp³-hybridized carbons (Fsp3) is 0.320. The van der Waals surface area contributed by atoms with Gasteiger partial charge in [0.25, 0.3) is 11.8 Å². The van der Waals surface area contributed by atoms with Crippen LogP contribution in [0.1, 0.15) is 35.7 Å². The van der Waals surface area contributed by atoms with Gasteiger partial charge in [-0.3, -0.25) is 20.3 Å². The monoisotopic (exact) mass is 543 g/mol. The van der Waals surface area contributed by atoms with Gasteiger partial charge in [-0.2, -0.15) is 10.4 Å². The van der Waals surface area contributed by atoms with Crippen molar-refractivity contribution in [3.63, 3.8) is 0 Å².